The SMILES string of the molecule is CC.CN=Cc1[nH]ccc1C#N. The molecule has 1 rings (SSSR count). The van der Waals surface area contributed by atoms with Crippen LogP contribution in [0.2, 0.25) is 0 Å². The van der Waals surface area contributed by atoms with Gasteiger partial charge in [-0.05, 0) is 6.07 Å². The fourth-order valence-electron chi connectivity index (χ4n) is 0.716. The summed E-state index contributed by atoms with van der Waals surface area (Å²) in [5, 5.41) is 8.50. The molecule has 0 saturated carbocycles. The van der Waals surface area contributed by atoms with E-state index in [1.807, 2.05) is 19.9 Å². The van der Waals surface area contributed by atoms with Crippen molar-refractivity contribution in [2.45, 2.75) is 13.8 Å². The summed E-state index contributed by atoms with van der Waals surface area (Å²) < 4.78 is 0. The van der Waals surface area contributed by atoms with E-state index in [-0.39, 0.29) is 0 Å². The van der Waals surface area contributed by atoms with E-state index in [4.69, 9.17) is 5.26 Å². The minimum absolute atomic E-state index is 0.630. The van der Waals surface area contributed by atoms with Crippen molar-refractivity contribution in [3.05, 3.63) is 23.5 Å². The summed E-state index contributed by atoms with van der Waals surface area (Å²) in [7, 11) is 1.67. The lowest BCUT2D eigenvalue weighted by molar-refractivity contribution is 1.35. The van der Waals surface area contributed by atoms with E-state index in [0.29, 0.717) is 5.56 Å². The summed E-state index contributed by atoms with van der Waals surface area (Å²) in [6.07, 6.45) is 3.34. The maximum atomic E-state index is 8.50. The molecule has 12 heavy (non-hydrogen) atoms. The number of H-pyrrole nitrogens is 1. The fraction of sp³-hybridized carbons (Fsp3) is 0.333. The molecule has 0 aliphatic rings. The molecule has 3 heteroatoms. The van der Waals surface area contributed by atoms with Crippen LogP contribution in [-0.2, 0) is 0 Å². The van der Waals surface area contributed by atoms with Crippen molar-refractivity contribution in [3.63, 3.8) is 0 Å². The largest absolute Gasteiger partial charge is 0.359 e. The first-order valence-electron chi connectivity index (χ1n) is 3.88. The zero-order chi connectivity index (χ0) is 9.40. The third-order valence-corrected chi connectivity index (χ3v) is 1.16. The van der Waals surface area contributed by atoms with Crippen molar-refractivity contribution in [1.82, 2.24) is 4.98 Å². The Morgan fingerprint density at radius 1 is 1.58 bits per heavy atom. The van der Waals surface area contributed by atoms with E-state index in [2.05, 4.69) is 9.98 Å². The maximum Gasteiger partial charge on any atom is 0.101 e. The summed E-state index contributed by atoms with van der Waals surface area (Å²) in [5.74, 6) is 0. The van der Waals surface area contributed by atoms with Crippen LogP contribution >= 0.6 is 0 Å². The highest BCUT2D eigenvalue weighted by molar-refractivity contribution is 5.80. The minimum Gasteiger partial charge on any atom is -0.359 e. The molecule has 0 fully saturated rings. The van der Waals surface area contributed by atoms with Gasteiger partial charge in [0.15, 0.2) is 0 Å². The van der Waals surface area contributed by atoms with Crippen molar-refractivity contribution in [2.24, 2.45) is 4.99 Å². The molecule has 1 aromatic heterocycles. The van der Waals surface area contributed by atoms with Gasteiger partial charge in [0.25, 0.3) is 0 Å². The second kappa shape index (κ2) is 6.17. The van der Waals surface area contributed by atoms with Crippen LogP contribution in [0.3, 0.4) is 0 Å². The number of aromatic nitrogens is 1. The number of nitriles is 1. The number of hydrogen-bond donors (Lipinski definition) is 1. The van der Waals surface area contributed by atoms with E-state index < -0.39 is 0 Å². The van der Waals surface area contributed by atoms with Gasteiger partial charge in [-0.1, -0.05) is 13.8 Å². The number of rotatable bonds is 1. The predicted molar refractivity (Wildman–Crippen MR) is 50.4 cm³/mol. The number of aromatic amines is 1. The van der Waals surface area contributed by atoms with Gasteiger partial charge in [-0.25, -0.2) is 0 Å². The van der Waals surface area contributed by atoms with Crippen LogP contribution < -0.4 is 0 Å². The van der Waals surface area contributed by atoms with Gasteiger partial charge in [-0.3, -0.25) is 4.99 Å². The normalized spacial score (nSPS) is 8.83. The second-order valence-electron chi connectivity index (χ2n) is 1.80. The number of aliphatic imine (C=N–C) groups is 1. The molecule has 0 amide bonds. The highest BCUT2D eigenvalue weighted by atomic mass is 14.7. The molecule has 1 N–H and O–H groups in total. The van der Waals surface area contributed by atoms with E-state index in [1.54, 1.807) is 25.5 Å². The van der Waals surface area contributed by atoms with Crippen LogP contribution in [0.5, 0.6) is 0 Å². The molecule has 0 atom stereocenters. The lowest BCUT2D eigenvalue weighted by Gasteiger charge is -1.83. The van der Waals surface area contributed by atoms with Crippen molar-refractivity contribution < 1.29 is 0 Å². The van der Waals surface area contributed by atoms with Gasteiger partial charge in [0.2, 0.25) is 0 Å². The second-order valence-corrected chi connectivity index (χ2v) is 1.80. The highest BCUT2D eigenvalue weighted by Gasteiger charge is 1.96. The number of hydrogen-bond acceptors (Lipinski definition) is 2. The molecule has 0 unspecified atom stereocenters. The maximum absolute atomic E-state index is 8.50. The van der Waals surface area contributed by atoms with Crippen LogP contribution in [0, 0.1) is 11.3 Å². The van der Waals surface area contributed by atoms with Crippen molar-refractivity contribution in [1.29, 1.82) is 5.26 Å². The van der Waals surface area contributed by atoms with Crippen LogP contribution in [0.15, 0.2) is 17.3 Å². The lowest BCUT2D eigenvalue weighted by atomic mass is 10.3. The predicted octanol–water partition coefficient (Wildman–Crippen LogP) is 1.96. The lowest BCUT2D eigenvalue weighted by Crippen LogP contribution is -1.83. The Labute approximate surface area is 72.8 Å². The molecule has 1 aromatic rings. The summed E-state index contributed by atoms with van der Waals surface area (Å²) in [6, 6.07) is 3.76. The van der Waals surface area contributed by atoms with Crippen molar-refractivity contribution in [3.8, 4) is 6.07 Å². The minimum atomic E-state index is 0.630. The Bertz CT molecular complexity index is 278. The fourth-order valence-corrected chi connectivity index (χ4v) is 0.716. The average Bonchev–Trinajstić information content (AvgIpc) is 2.56. The molecule has 0 saturated heterocycles. The van der Waals surface area contributed by atoms with Crippen LogP contribution in [-0.4, -0.2) is 18.2 Å². The molecule has 0 aliphatic carbocycles. The molecule has 0 radical (unpaired) electrons. The molecule has 0 spiro atoms. The van der Waals surface area contributed by atoms with Gasteiger partial charge in [-0.15, -0.1) is 0 Å². The monoisotopic (exact) mass is 163 g/mol. The van der Waals surface area contributed by atoms with Gasteiger partial charge < -0.3 is 4.98 Å². The quantitative estimate of drug-likeness (QED) is 0.632. The summed E-state index contributed by atoms with van der Waals surface area (Å²) in [6.45, 7) is 4.00. The van der Waals surface area contributed by atoms with Gasteiger partial charge in [-0.2, -0.15) is 5.26 Å². The molecule has 3 nitrogen and oxygen atoms in total. The average molecular weight is 163 g/mol. The van der Waals surface area contributed by atoms with E-state index in [0.717, 1.165) is 5.69 Å². The standard InChI is InChI=1S/C7H7N3.C2H6/c1-9-5-7-6(4-8)2-3-10-7;1-2/h2-3,5,10H,1H3;1-2H3. The molecular weight excluding hydrogens is 150 g/mol. The van der Waals surface area contributed by atoms with Gasteiger partial charge in [0, 0.05) is 19.5 Å². The summed E-state index contributed by atoms with van der Waals surface area (Å²) >= 11 is 0. The van der Waals surface area contributed by atoms with E-state index in [1.165, 1.54) is 0 Å². The van der Waals surface area contributed by atoms with Gasteiger partial charge >= 0.3 is 0 Å². The Balaban J connectivity index is 0.000000561. The van der Waals surface area contributed by atoms with Crippen LogP contribution in [0.1, 0.15) is 25.1 Å². The topological polar surface area (TPSA) is 51.9 Å². The molecular formula is C9H13N3. The zero-order valence-corrected chi connectivity index (χ0v) is 7.63. The number of nitrogens with zero attached hydrogens (tertiary/aromatic N) is 2. The van der Waals surface area contributed by atoms with Gasteiger partial charge in [0.05, 0.1) is 11.3 Å². The third-order valence-electron chi connectivity index (χ3n) is 1.16. The van der Waals surface area contributed by atoms with Crippen molar-refractivity contribution >= 4 is 6.21 Å². The Morgan fingerprint density at radius 3 is 2.75 bits per heavy atom. The highest BCUT2D eigenvalue weighted by Crippen LogP contribution is 2.00. The molecule has 0 aliphatic heterocycles. The first kappa shape index (κ1) is 10.4. The zero-order valence-electron chi connectivity index (χ0n) is 7.63. The molecule has 64 valence electrons. The third kappa shape index (κ3) is 2.59. The molecule has 0 bridgehead atoms. The van der Waals surface area contributed by atoms with E-state index in [9.17, 15) is 0 Å². The molecule has 0 aromatic carbocycles. The number of nitrogens with one attached hydrogen (secondary N) is 1. The summed E-state index contributed by atoms with van der Waals surface area (Å²) in [5.41, 5.74) is 1.40. The van der Waals surface area contributed by atoms with Gasteiger partial charge in [0.1, 0.15) is 6.07 Å². The molecule has 1 heterocycles. The first-order chi connectivity index (χ1) is 5.88. The van der Waals surface area contributed by atoms with Crippen LogP contribution in [0.4, 0.5) is 0 Å². The van der Waals surface area contributed by atoms with E-state index >= 15 is 0 Å². The Morgan fingerprint density at radius 2 is 2.25 bits per heavy atom. The smallest absolute Gasteiger partial charge is 0.101 e. The van der Waals surface area contributed by atoms with Crippen molar-refractivity contribution in [2.75, 3.05) is 7.05 Å². The first-order valence-corrected chi connectivity index (χ1v) is 3.88. The van der Waals surface area contributed by atoms with Crippen LogP contribution in [0.25, 0.3) is 0 Å². The Hall–Kier alpha value is -1.56. The summed E-state index contributed by atoms with van der Waals surface area (Å²) in [4.78, 5) is 6.67. The Kier molecular flexibility index (Phi) is 5.37.